The zero-order chi connectivity index (χ0) is 26.2. The molecule has 0 radical (unpaired) electrons. The molecule has 1 aromatic carbocycles. The number of nitrogens with one attached hydrogen (secondary N) is 3. The summed E-state index contributed by atoms with van der Waals surface area (Å²) in [5, 5.41) is 19.1. The Hall–Kier alpha value is -3.02. The molecule has 3 aliphatic rings. The first-order chi connectivity index (χ1) is 18.0. The zero-order valence-corrected chi connectivity index (χ0v) is 21.0. The number of amides is 4. The van der Waals surface area contributed by atoms with Crippen LogP contribution >= 0.6 is 0 Å². The SMILES string of the molecule is O=C1CCC(N2C(=O)c3c(NCCOCCOCCNC(=O)C4CCCCC4)cccc3C2O)C(=O)N1. The second-order valence-corrected chi connectivity index (χ2v) is 9.60. The summed E-state index contributed by atoms with van der Waals surface area (Å²) in [5.74, 6) is -1.13. The molecule has 2 atom stereocenters. The molecule has 4 amide bonds. The number of fused-ring (bicyclic) bond motifs is 1. The number of benzene rings is 1. The quantitative estimate of drug-likeness (QED) is 0.238. The fourth-order valence-electron chi connectivity index (χ4n) is 5.16. The molecule has 0 aromatic heterocycles. The van der Waals surface area contributed by atoms with Crippen LogP contribution in [-0.2, 0) is 23.9 Å². The molecular formula is C26H36N4O7. The van der Waals surface area contributed by atoms with Crippen molar-refractivity contribution >= 4 is 29.3 Å². The summed E-state index contributed by atoms with van der Waals surface area (Å²) in [4.78, 5) is 50.1. The van der Waals surface area contributed by atoms with Crippen molar-refractivity contribution in [1.29, 1.82) is 0 Å². The topological polar surface area (TPSA) is 146 Å². The van der Waals surface area contributed by atoms with Crippen molar-refractivity contribution in [3.8, 4) is 0 Å². The smallest absolute Gasteiger partial charge is 0.259 e. The van der Waals surface area contributed by atoms with E-state index in [0.717, 1.165) is 30.6 Å². The predicted octanol–water partition coefficient (Wildman–Crippen LogP) is 1.08. The molecule has 0 spiro atoms. The lowest BCUT2D eigenvalue weighted by atomic mass is 9.89. The van der Waals surface area contributed by atoms with Gasteiger partial charge in [-0.25, -0.2) is 0 Å². The molecule has 2 aliphatic heterocycles. The number of aliphatic hydroxyl groups is 1. The third-order valence-electron chi connectivity index (χ3n) is 7.09. The first-order valence-corrected chi connectivity index (χ1v) is 13.1. The van der Waals surface area contributed by atoms with Gasteiger partial charge < -0.3 is 25.2 Å². The second-order valence-electron chi connectivity index (χ2n) is 9.60. The molecule has 4 N–H and O–H groups in total. The van der Waals surface area contributed by atoms with Gasteiger partial charge in [0.15, 0.2) is 6.23 Å². The van der Waals surface area contributed by atoms with E-state index in [0.29, 0.717) is 56.3 Å². The molecule has 1 aliphatic carbocycles. The van der Waals surface area contributed by atoms with E-state index >= 15 is 0 Å². The van der Waals surface area contributed by atoms with E-state index in [2.05, 4.69) is 16.0 Å². The lowest BCUT2D eigenvalue weighted by Crippen LogP contribution is -2.53. The highest BCUT2D eigenvalue weighted by molar-refractivity contribution is 6.08. The summed E-state index contributed by atoms with van der Waals surface area (Å²) in [6, 6.07) is 4.22. The highest BCUT2D eigenvalue weighted by Crippen LogP contribution is 2.38. The number of hydrogen-bond acceptors (Lipinski definition) is 8. The van der Waals surface area contributed by atoms with Crippen molar-refractivity contribution in [2.24, 2.45) is 5.92 Å². The number of aliphatic hydroxyl groups excluding tert-OH is 1. The molecule has 0 bridgehead atoms. The van der Waals surface area contributed by atoms with Crippen LogP contribution in [0.25, 0.3) is 0 Å². The summed E-state index contributed by atoms with van der Waals surface area (Å²) in [5.41, 5.74) is 1.29. The molecular weight excluding hydrogens is 480 g/mol. The Bertz CT molecular complexity index is 995. The van der Waals surface area contributed by atoms with Crippen molar-refractivity contribution in [2.75, 3.05) is 44.8 Å². The molecule has 11 heteroatoms. The number of imide groups is 1. The third kappa shape index (κ3) is 6.65. The van der Waals surface area contributed by atoms with Gasteiger partial charge in [-0.1, -0.05) is 31.4 Å². The molecule has 202 valence electrons. The number of ether oxygens (including phenoxy) is 2. The Balaban J connectivity index is 1.14. The Kier molecular flexibility index (Phi) is 9.48. The van der Waals surface area contributed by atoms with Gasteiger partial charge in [-0.15, -0.1) is 0 Å². The lowest BCUT2D eigenvalue weighted by molar-refractivity contribution is -0.139. The minimum Gasteiger partial charge on any atom is -0.382 e. The van der Waals surface area contributed by atoms with Gasteiger partial charge in [-0.05, 0) is 25.3 Å². The van der Waals surface area contributed by atoms with Crippen LogP contribution in [0.4, 0.5) is 5.69 Å². The maximum Gasteiger partial charge on any atom is 0.259 e. The first kappa shape index (κ1) is 27.0. The second kappa shape index (κ2) is 13.0. The number of carbonyl (C=O) groups is 4. The molecule has 2 fully saturated rings. The van der Waals surface area contributed by atoms with Gasteiger partial charge in [0.2, 0.25) is 17.7 Å². The van der Waals surface area contributed by atoms with Gasteiger partial charge in [0.1, 0.15) is 6.04 Å². The number of rotatable bonds is 12. The van der Waals surface area contributed by atoms with Crippen LogP contribution in [0.5, 0.6) is 0 Å². The Morgan fingerprint density at radius 1 is 1.00 bits per heavy atom. The molecule has 4 rings (SSSR count). The third-order valence-corrected chi connectivity index (χ3v) is 7.09. The molecule has 1 saturated carbocycles. The maximum atomic E-state index is 13.1. The summed E-state index contributed by atoms with van der Waals surface area (Å²) < 4.78 is 11.1. The van der Waals surface area contributed by atoms with Gasteiger partial charge >= 0.3 is 0 Å². The fourth-order valence-corrected chi connectivity index (χ4v) is 5.16. The average Bonchev–Trinajstić information content (AvgIpc) is 3.16. The molecule has 2 unspecified atom stereocenters. The van der Waals surface area contributed by atoms with Crippen LogP contribution in [0, 0.1) is 5.92 Å². The summed E-state index contributed by atoms with van der Waals surface area (Å²) in [6.45, 7) is 2.53. The Morgan fingerprint density at radius 3 is 2.46 bits per heavy atom. The largest absolute Gasteiger partial charge is 0.382 e. The van der Waals surface area contributed by atoms with Crippen molar-refractivity contribution in [3.05, 3.63) is 29.3 Å². The van der Waals surface area contributed by atoms with Gasteiger partial charge in [-0.3, -0.25) is 29.4 Å². The maximum absolute atomic E-state index is 13.1. The number of hydrogen-bond donors (Lipinski definition) is 4. The fraction of sp³-hybridized carbons (Fsp3) is 0.615. The minimum absolute atomic E-state index is 0.116. The summed E-state index contributed by atoms with van der Waals surface area (Å²) in [6.07, 6.45) is 4.48. The van der Waals surface area contributed by atoms with Crippen LogP contribution < -0.4 is 16.0 Å². The molecule has 1 saturated heterocycles. The van der Waals surface area contributed by atoms with Gasteiger partial charge in [0, 0.05) is 36.7 Å². The van der Waals surface area contributed by atoms with Crippen LogP contribution in [0.3, 0.4) is 0 Å². The van der Waals surface area contributed by atoms with Crippen LogP contribution in [0.1, 0.15) is 67.1 Å². The van der Waals surface area contributed by atoms with E-state index in [1.807, 2.05) is 0 Å². The van der Waals surface area contributed by atoms with Gasteiger partial charge in [-0.2, -0.15) is 0 Å². The summed E-state index contributed by atoms with van der Waals surface area (Å²) >= 11 is 0. The van der Waals surface area contributed by atoms with Crippen molar-refractivity contribution in [1.82, 2.24) is 15.5 Å². The van der Waals surface area contributed by atoms with E-state index in [9.17, 15) is 24.3 Å². The van der Waals surface area contributed by atoms with E-state index in [1.54, 1.807) is 18.2 Å². The van der Waals surface area contributed by atoms with Gasteiger partial charge in [0.25, 0.3) is 5.91 Å². The van der Waals surface area contributed by atoms with E-state index < -0.39 is 24.1 Å². The highest BCUT2D eigenvalue weighted by Gasteiger charge is 2.45. The first-order valence-electron chi connectivity index (χ1n) is 13.1. The number of nitrogens with zero attached hydrogens (tertiary/aromatic N) is 1. The van der Waals surface area contributed by atoms with Crippen molar-refractivity contribution < 1.29 is 33.8 Å². The standard InChI is InChI=1S/C26H36N4O7/c31-21-10-9-20(24(33)29-21)30-25(34)18-7-4-8-19(22(18)26(30)35)27-11-13-36-15-16-37-14-12-28-23(32)17-5-2-1-3-6-17/h4,7-8,17,20,25,27,34H,1-3,5-6,9-16H2,(H,28,32)(H,29,31,33). The lowest BCUT2D eigenvalue weighted by Gasteiger charge is -2.31. The molecule has 37 heavy (non-hydrogen) atoms. The molecule has 1 aromatic rings. The average molecular weight is 517 g/mol. The van der Waals surface area contributed by atoms with E-state index in [1.165, 1.54) is 6.42 Å². The van der Waals surface area contributed by atoms with E-state index in [-0.39, 0.29) is 30.6 Å². The van der Waals surface area contributed by atoms with Crippen LogP contribution in [0.2, 0.25) is 0 Å². The monoisotopic (exact) mass is 516 g/mol. The molecule has 11 nitrogen and oxygen atoms in total. The number of carbonyl (C=O) groups excluding carboxylic acids is 4. The Labute approximate surface area is 216 Å². The molecule has 2 heterocycles. The van der Waals surface area contributed by atoms with Crippen molar-refractivity contribution in [3.63, 3.8) is 0 Å². The van der Waals surface area contributed by atoms with Gasteiger partial charge in [0.05, 0.1) is 32.0 Å². The Morgan fingerprint density at radius 2 is 1.73 bits per heavy atom. The number of anilines is 1. The predicted molar refractivity (Wildman–Crippen MR) is 133 cm³/mol. The van der Waals surface area contributed by atoms with E-state index in [4.69, 9.17) is 9.47 Å². The van der Waals surface area contributed by atoms with Crippen LogP contribution in [-0.4, -0.2) is 79.2 Å². The zero-order valence-electron chi connectivity index (χ0n) is 21.0. The van der Waals surface area contributed by atoms with Crippen LogP contribution in [0.15, 0.2) is 18.2 Å². The summed E-state index contributed by atoms with van der Waals surface area (Å²) in [7, 11) is 0. The minimum atomic E-state index is -1.26. The number of piperidine rings is 1. The highest BCUT2D eigenvalue weighted by atomic mass is 16.5. The normalized spacial score (nSPS) is 22.1. The van der Waals surface area contributed by atoms with Crippen molar-refractivity contribution in [2.45, 2.75) is 57.2 Å².